The van der Waals surface area contributed by atoms with Gasteiger partial charge in [-0.1, -0.05) is 18.2 Å². The average Bonchev–Trinajstić information content (AvgIpc) is 2.63. The molecule has 0 saturated heterocycles. The van der Waals surface area contributed by atoms with Gasteiger partial charge in [-0.15, -0.1) is 0 Å². The van der Waals surface area contributed by atoms with Crippen LogP contribution in [0.1, 0.15) is 15.9 Å². The van der Waals surface area contributed by atoms with E-state index in [4.69, 9.17) is 4.74 Å². The van der Waals surface area contributed by atoms with E-state index < -0.39 is 35.1 Å². The van der Waals surface area contributed by atoms with Crippen LogP contribution in [-0.4, -0.2) is 32.1 Å². The molecule has 1 amide bonds. The molecule has 2 aromatic rings. The number of amides is 1. The van der Waals surface area contributed by atoms with Crippen LogP contribution >= 0.6 is 0 Å². The summed E-state index contributed by atoms with van der Waals surface area (Å²) in [5.74, 6) is -3.36. The Labute approximate surface area is 143 Å². The van der Waals surface area contributed by atoms with Crippen LogP contribution in [0.4, 0.5) is 8.78 Å². The fraction of sp³-hybridized carbons (Fsp3) is 0.222. The number of ether oxygens (including phenoxy) is 2. The lowest BCUT2D eigenvalue weighted by Gasteiger charge is -2.17. The van der Waals surface area contributed by atoms with Crippen LogP contribution in [-0.2, 0) is 16.0 Å². The highest BCUT2D eigenvalue weighted by Crippen LogP contribution is 2.15. The fourth-order valence-corrected chi connectivity index (χ4v) is 2.25. The van der Waals surface area contributed by atoms with Crippen molar-refractivity contribution in [1.29, 1.82) is 0 Å². The van der Waals surface area contributed by atoms with Gasteiger partial charge >= 0.3 is 5.97 Å². The summed E-state index contributed by atoms with van der Waals surface area (Å²) in [6.07, 6.45) is 0.124. The molecular formula is C18H17F2NO4. The minimum atomic E-state index is -1.27. The van der Waals surface area contributed by atoms with Crippen molar-refractivity contribution >= 4 is 11.9 Å². The number of esters is 1. The van der Waals surface area contributed by atoms with E-state index in [9.17, 15) is 18.4 Å². The Kier molecular flexibility index (Phi) is 6.05. The van der Waals surface area contributed by atoms with E-state index in [-0.39, 0.29) is 6.42 Å². The van der Waals surface area contributed by atoms with Gasteiger partial charge in [0, 0.05) is 6.42 Å². The maximum atomic E-state index is 13.7. The van der Waals surface area contributed by atoms with Crippen molar-refractivity contribution in [3.05, 3.63) is 65.2 Å². The number of halogens is 2. The van der Waals surface area contributed by atoms with Crippen molar-refractivity contribution in [3.63, 3.8) is 0 Å². The van der Waals surface area contributed by atoms with Gasteiger partial charge in [-0.25, -0.2) is 13.6 Å². The summed E-state index contributed by atoms with van der Waals surface area (Å²) in [4.78, 5) is 24.1. The Morgan fingerprint density at radius 1 is 1.08 bits per heavy atom. The summed E-state index contributed by atoms with van der Waals surface area (Å²) in [6.45, 7) is 0. The SMILES string of the molecule is COC(=O)[C@@H](Cc1ccc(OC)cc1)NC(=O)c1cccc(F)c1F. The van der Waals surface area contributed by atoms with Crippen molar-refractivity contribution < 1.29 is 27.8 Å². The maximum absolute atomic E-state index is 13.7. The highest BCUT2D eigenvalue weighted by Gasteiger charge is 2.24. The van der Waals surface area contributed by atoms with Gasteiger partial charge in [-0.3, -0.25) is 4.79 Å². The van der Waals surface area contributed by atoms with Gasteiger partial charge in [0.25, 0.3) is 5.91 Å². The van der Waals surface area contributed by atoms with Crippen molar-refractivity contribution in [1.82, 2.24) is 5.32 Å². The highest BCUT2D eigenvalue weighted by molar-refractivity contribution is 5.97. The minimum Gasteiger partial charge on any atom is -0.497 e. The number of hydrogen-bond acceptors (Lipinski definition) is 4. The molecule has 1 atom stereocenters. The molecule has 1 N–H and O–H groups in total. The van der Waals surface area contributed by atoms with E-state index in [1.165, 1.54) is 20.3 Å². The lowest BCUT2D eigenvalue weighted by Crippen LogP contribution is -2.43. The lowest BCUT2D eigenvalue weighted by molar-refractivity contribution is -0.142. The molecule has 2 aromatic carbocycles. The Bertz CT molecular complexity index is 762. The third-order valence-electron chi connectivity index (χ3n) is 3.59. The molecule has 0 saturated carbocycles. The van der Waals surface area contributed by atoms with E-state index in [0.29, 0.717) is 5.75 Å². The third-order valence-corrected chi connectivity index (χ3v) is 3.59. The van der Waals surface area contributed by atoms with Crippen LogP contribution in [0.3, 0.4) is 0 Å². The predicted octanol–water partition coefficient (Wildman–Crippen LogP) is 2.49. The number of carbonyl (C=O) groups is 2. The molecule has 25 heavy (non-hydrogen) atoms. The summed E-state index contributed by atoms with van der Waals surface area (Å²) >= 11 is 0. The molecule has 0 bridgehead atoms. The molecule has 0 spiro atoms. The van der Waals surface area contributed by atoms with Gasteiger partial charge in [0.05, 0.1) is 19.8 Å². The Morgan fingerprint density at radius 2 is 1.76 bits per heavy atom. The summed E-state index contributed by atoms with van der Waals surface area (Å²) in [6, 6.07) is 9.07. The summed E-state index contributed by atoms with van der Waals surface area (Å²) < 4.78 is 36.7. The van der Waals surface area contributed by atoms with Crippen LogP contribution in [0.5, 0.6) is 5.75 Å². The summed E-state index contributed by atoms with van der Waals surface area (Å²) in [5, 5.41) is 2.38. The Hall–Kier alpha value is -2.96. The van der Waals surface area contributed by atoms with Crippen LogP contribution in [0.2, 0.25) is 0 Å². The maximum Gasteiger partial charge on any atom is 0.328 e. The van der Waals surface area contributed by atoms with Gasteiger partial charge in [-0.05, 0) is 29.8 Å². The van der Waals surface area contributed by atoms with E-state index in [2.05, 4.69) is 10.1 Å². The number of methoxy groups -OCH3 is 2. The van der Waals surface area contributed by atoms with Crippen molar-refractivity contribution in [2.45, 2.75) is 12.5 Å². The van der Waals surface area contributed by atoms with Gasteiger partial charge in [-0.2, -0.15) is 0 Å². The second kappa shape index (κ2) is 8.23. The molecule has 0 aliphatic rings. The molecule has 0 aliphatic carbocycles. The highest BCUT2D eigenvalue weighted by atomic mass is 19.2. The first kappa shape index (κ1) is 18.4. The molecular weight excluding hydrogens is 332 g/mol. The average molecular weight is 349 g/mol. The number of benzene rings is 2. The minimum absolute atomic E-state index is 0.124. The van der Waals surface area contributed by atoms with Crippen molar-refractivity contribution in [2.75, 3.05) is 14.2 Å². The summed E-state index contributed by atoms with van der Waals surface area (Å²) in [7, 11) is 2.71. The van der Waals surface area contributed by atoms with Crippen LogP contribution < -0.4 is 10.1 Å². The standard InChI is InChI=1S/C18H17F2NO4/c1-24-12-8-6-11(7-9-12)10-15(18(23)25-2)21-17(22)13-4-3-5-14(19)16(13)20/h3-9,15H,10H2,1-2H3,(H,21,22)/t15-/m1/s1. The molecule has 0 aromatic heterocycles. The second-order valence-corrected chi connectivity index (χ2v) is 5.20. The van der Waals surface area contributed by atoms with Gasteiger partial charge in [0.15, 0.2) is 11.6 Å². The van der Waals surface area contributed by atoms with Gasteiger partial charge in [0.2, 0.25) is 0 Å². The molecule has 0 radical (unpaired) electrons. The monoisotopic (exact) mass is 349 g/mol. The fourth-order valence-electron chi connectivity index (χ4n) is 2.25. The summed E-state index contributed by atoms with van der Waals surface area (Å²) in [5.41, 5.74) is 0.250. The second-order valence-electron chi connectivity index (χ2n) is 5.20. The normalized spacial score (nSPS) is 11.5. The zero-order chi connectivity index (χ0) is 18.4. The lowest BCUT2D eigenvalue weighted by atomic mass is 10.0. The van der Waals surface area contributed by atoms with Gasteiger partial charge in [0.1, 0.15) is 11.8 Å². The molecule has 0 unspecified atom stereocenters. The number of hydrogen-bond donors (Lipinski definition) is 1. The molecule has 5 nitrogen and oxygen atoms in total. The largest absolute Gasteiger partial charge is 0.497 e. The predicted molar refractivity (Wildman–Crippen MR) is 86.3 cm³/mol. The first-order chi connectivity index (χ1) is 12.0. The van der Waals surface area contributed by atoms with Crippen LogP contribution in [0.25, 0.3) is 0 Å². The number of rotatable bonds is 6. The molecule has 0 aliphatic heterocycles. The smallest absolute Gasteiger partial charge is 0.328 e. The van der Waals surface area contributed by atoms with E-state index in [1.54, 1.807) is 24.3 Å². The molecule has 7 heteroatoms. The molecule has 0 fully saturated rings. The van der Waals surface area contributed by atoms with Crippen molar-refractivity contribution in [3.8, 4) is 5.75 Å². The van der Waals surface area contributed by atoms with E-state index >= 15 is 0 Å². The Morgan fingerprint density at radius 3 is 2.36 bits per heavy atom. The van der Waals surface area contributed by atoms with Gasteiger partial charge < -0.3 is 14.8 Å². The Balaban J connectivity index is 2.18. The number of carbonyl (C=O) groups excluding carboxylic acids is 2. The molecule has 132 valence electrons. The zero-order valence-electron chi connectivity index (χ0n) is 13.7. The quantitative estimate of drug-likeness (QED) is 0.814. The molecule has 2 rings (SSSR count). The first-order valence-electron chi connectivity index (χ1n) is 7.42. The van der Waals surface area contributed by atoms with Crippen LogP contribution in [0, 0.1) is 11.6 Å². The first-order valence-corrected chi connectivity index (χ1v) is 7.42. The van der Waals surface area contributed by atoms with E-state index in [0.717, 1.165) is 17.7 Å². The zero-order valence-corrected chi connectivity index (χ0v) is 13.7. The topological polar surface area (TPSA) is 64.6 Å². The molecule has 0 heterocycles. The number of nitrogens with one attached hydrogen (secondary N) is 1. The van der Waals surface area contributed by atoms with Crippen molar-refractivity contribution in [2.24, 2.45) is 0 Å². The van der Waals surface area contributed by atoms with Crippen LogP contribution in [0.15, 0.2) is 42.5 Å². The third kappa shape index (κ3) is 4.53. The van der Waals surface area contributed by atoms with E-state index in [1.807, 2.05) is 0 Å².